The summed E-state index contributed by atoms with van der Waals surface area (Å²) in [6.07, 6.45) is 10.2. The number of allylic oxidation sites excluding steroid dienone is 1. The first-order valence-electron chi connectivity index (χ1n) is 4.17. The van der Waals surface area contributed by atoms with E-state index >= 15 is 0 Å². The van der Waals surface area contributed by atoms with E-state index in [0.29, 0.717) is 0 Å². The molecule has 0 aromatic rings. The molecular weight excluding hydrogens is 124 g/mol. The van der Waals surface area contributed by atoms with Crippen molar-refractivity contribution in [2.75, 3.05) is 6.61 Å². The molecule has 0 amide bonds. The summed E-state index contributed by atoms with van der Waals surface area (Å²) >= 11 is 0. The van der Waals surface area contributed by atoms with E-state index in [4.69, 9.17) is 5.11 Å². The van der Waals surface area contributed by atoms with Crippen molar-refractivity contribution in [2.45, 2.75) is 39.0 Å². The molecule has 0 rings (SSSR count). The van der Waals surface area contributed by atoms with Gasteiger partial charge in [-0.3, -0.25) is 0 Å². The van der Waals surface area contributed by atoms with Crippen molar-refractivity contribution in [3.05, 3.63) is 12.2 Å². The van der Waals surface area contributed by atoms with Crippen LogP contribution in [-0.4, -0.2) is 11.7 Å². The SMILES string of the molecule is CCCCCC/C=C\CO. The fourth-order valence-corrected chi connectivity index (χ4v) is 0.881. The van der Waals surface area contributed by atoms with E-state index in [1.807, 2.05) is 6.08 Å². The Morgan fingerprint density at radius 1 is 1.10 bits per heavy atom. The number of aliphatic hydroxyl groups excluding tert-OH is 1. The lowest BCUT2D eigenvalue weighted by Crippen LogP contribution is -1.75. The molecule has 0 aromatic heterocycles. The number of aliphatic hydroxyl groups is 1. The molecule has 0 fully saturated rings. The Bertz CT molecular complexity index is 76.8. The highest BCUT2D eigenvalue weighted by molar-refractivity contribution is 4.80. The van der Waals surface area contributed by atoms with Crippen molar-refractivity contribution in [1.29, 1.82) is 0 Å². The van der Waals surface area contributed by atoms with Crippen molar-refractivity contribution in [3.63, 3.8) is 0 Å². The number of unbranched alkanes of at least 4 members (excludes halogenated alkanes) is 4. The summed E-state index contributed by atoms with van der Waals surface area (Å²) in [7, 11) is 0. The van der Waals surface area contributed by atoms with Crippen LogP contribution in [0, 0.1) is 0 Å². The first-order chi connectivity index (χ1) is 4.91. The van der Waals surface area contributed by atoms with Gasteiger partial charge in [-0.25, -0.2) is 0 Å². The van der Waals surface area contributed by atoms with Crippen LogP contribution in [-0.2, 0) is 0 Å². The summed E-state index contributed by atoms with van der Waals surface area (Å²) < 4.78 is 0. The van der Waals surface area contributed by atoms with Crippen LogP contribution < -0.4 is 0 Å². The molecule has 0 saturated carbocycles. The summed E-state index contributed by atoms with van der Waals surface area (Å²) in [5.41, 5.74) is 0. The van der Waals surface area contributed by atoms with Crippen molar-refractivity contribution in [1.82, 2.24) is 0 Å². The van der Waals surface area contributed by atoms with Crippen LogP contribution in [0.3, 0.4) is 0 Å². The highest BCUT2D eigenvalue weighted by Gasteiger charge is 1.82. The van der Waals surface area contributed by atoms with Crippen LogP contribution in [0.5, 0.6) is 0 Å². The minimum atomic E-state index is 0.188. The van der Waals surface area contributed by atoms with Gasteiger partial charge in [0.25, 0.3) is 0 Å². The van der Waals surface area contributed by atoms with Gasteiger partial charge in [0.1, 0.15) is 0 Å². The van der Waals surface area contributed by atoms with Crippen molar-refractivity contribution < 1.29 is 5.11 Å². The molecule has 1 heteroatoms. The summed E-state index contributed by atoms with van der Waals surface area (Å²) in [6, 6.07) is 0. The average Bonchev–Trinajstić information content (AvgIpc) is 1.97. The number of rotatable bonds is 6. The predicted octanol–water partition coefficient (Wildman–Crippen LogP) is 2.51. The van der Waals surface area contributed by atoms with Gasteiger partial charge in [-0.2, -0.15) is 0 Å². The molecule has 60 valence electrons. The Morgan fingerprint density at radius 2 is 1.90 bits per heavy atom. The van der Waals surface area contributed by atoms with Gasteiger partial charge < -0.3 is 5.11 Å². The summed E-state index contributed by atoms with van der Waals surface area (Å²) in [4.78, 5) is 0. The molecule has 1 nitrogen and oxygen atoms in total. The Labute approximate surface area is 63.8 Å². The largest absolute Gasteiger partial charge is 0.392 e. The zero-order valence-electron chi connectivity index (χ0n) is 6.84. The second-order valence-corrected chi connectivity index (χ2v) is 2.50. The van der Waals surface area contributed by atoms with Crippen LogP contribution in [0.15, 0.2) is 12.2 Å². The molecule has 0 aliphatic heterocycles. The monoisotopic (exact) mass is 142 g/mol. The first kappa shape index (κ1) is 9.70. The molecule has 0 saturated heterocycles. The lowest BCUT2D eigenvalue weighted by molar-refractivity contribution is 0.342. The van der Waals surface area contributed by atoms with Gasteiger partial charge >= 0.3 is 0 Å². The standard InChI is InChI=1S/C9H18O/c1-2-3-4-5-6-7-8-9-10/h7-8,10H,2-6,9H2,1H3/b8-7-. The van der Waals surface area contributed by atoms with Crippen LogP contribution in [0.25, 0.3) is 0 Å². The Hall–Kier alpha value is -0.300. The fraction of sp³-hybridized carbons (Fsp3) is 0.778. The normalized spacial score (nSPS) is 11.0. The van der Waals surface area contributed by atoms with Gasteiger partial charge in [0.2, 0.25) is 0 Å². The van der Waals surface area contributed by atoms with Crippen LogP contribution in [0.2, 0.25) is 0 Å². The third-order valence-electron chi connectivity index (χ3n) is 1.50. The van der Waals surface area contributed by atoms with E-state index in [0.717, 1.165) is 6.42 Å². The molecule has 0 heterocycles. The van der Waals surface area contributed by atoms with Gasteiger partial charge in [-0.1, -0.05) is 38.3 Å². The van der Waals surface area contributed by atoms with Gasteiger partial charge in [0, 0.05) is 0 Å². The van der Waals surface area contributed by atoms with E-state index in [9.17, 15) is 0 Å². The third-order valence-corrected chi connectivity index (χ3v) is 1.50. The van der Waals surface area contributed by atoms with Crippen LogP contribution >= 0.6 is 0 Å². The zero-order valence-corrected chi connectivity index (χ0v) is 6.84. The van der Waals surface area contributed by atoms with Crippen LogP contribution in [0.1, 0.15) is 39.0 Å². The van der Waals surface area contributed by atoms with E-state index in [1.165, 1.54) is 25.7 Å². The molecule has 0 unspecified atom stereocenters. The van der Waals surface area contributed by atoms with Crippen LogP contribution in [0.4, 0.5) is 0 Å². The summed E-state index contributed by atoms with van der Waals surface area (Å²) in [5.74, 6) is 0. The number of hydrogen-bond donors (Lipinski definition) is 1. The summed E-state index contributed by atoms with van der Waals surface area (Å²) in [6.45, 7) is 2.40. The first-order valence-corrected chi connectivity index (χ1v) is 4.17. The molecular formula is C9H18O. The van der Waals surface area contributed by atoms with E-state index in [2.05, 4.69) is 13.0 Å². The van der Waals surface area contributed by atoms with Gasteiger partial charge in [-0.05, 0) is 12.8 Å². The van der Waals surface area contributed by atoms with Gasteiger partial charge in [-0.15, -0.1) is 0 Å². The molecule has 0 radical (unpaired) electrons. The second kappa shape index (κ2) is 8.70. The molecule has 0 aromatic carbocycles. The lowest BCUT2D eigenvalue weighted by Gasteiger charge is -1.92. The maximum absolute atomic E-state index is 8.38. The average molecular weight is 142 g/mol. The van der Waals surface area contributed by atoms with Crippen molar-refractivity contribution in [3.8, 4) is 0 Å². The topological polar surface area (TPSA) is 20.2 Å². The van der Waals surface area contributed by atoms with E-state index in [1.54, 1.807) is 0 Å². The van der Waals surface area contributed by atoms with Crippen molar-refractivity contribution >= 4 is 0 Å². The molecule has 0 aliphatic rings. The summed E-state index contributed by atoms with van der Waals surface area (Å²) in [5, 5.41) is 8.38. The molecule has 0 atom stereocenters. The molecule has 10 heavy (non-hydrogen) atoms. The third kappa shape index (κ3) is 7.70. The maximum Gasteiger partial charge on any atom is 0.0612 e. The highest BCUT2D eigenvalue weighted by atomic mass is 16.2. The second-order valence-electron chi connectivity index (χ2n) is 2.50. The van der Waals surface area contributed by atoms with Gasteiger partial charge in [0.15, 0.2) is 0 Å². The Morgan fingerprint density at radius 3 is 2.50 bits per heavy atom. The number of hydrogen-bond acceptors (Lipinski definition) is 1. The van der Waals surface area contributed by atoms with Crippen molar-refractivity contribution in [2.24, 2.45) is 0 Å². The minimum absolute atomic E-state index is 0.188. The quantitative estimate of drug-likeness (QED) is 0.446. The zero-order chi connectivity index (χ0) is 7.66. The van der Waals surface area contributed by atoms with E-state index < -0.39 is 0 Å². The Kier molecular flexibility index (Phi) is 8.44. The van der Waals surface area contributed by atoms with E-state index in [-0.39, 0.29) is 6.61 Å². The van der Waals surface area contributed by atoms with Gasteiger partial charge in [0.05, 0.1) is 6.61 Å². The molecule has 0 spiro atoms. The smallest absolute Gasteiger partial charge is 0.0612 e. The lowest BCUT2D eigenvalue weighted by atomic mass is 10.1. The maximum atomic E-state index is 8.38. The molecule has 0 bridgehead atoms. The highest BCUT2D eigenvalue weighted by Crippen LogP contribution is 2.02. The molecule has 1 N–H and O–H groups in total. The minimum Gasteiger partial charge on any atom is -0.392 e. The Balaban J connectivity index is 2.83. The fourth-order valence-electron chi connectivity index (χ4n) is 0.881. The molecule has 0 aliphatic carbocycles. The predicted molar refractivity (Wildman–Crippen MR) is 45.0 cm³/mol.